The number of nitrogens with zero attached hydrogens (tertiary/aromatic N) is 1. The number of carbonyl (C=O) groups is 3. The lowest BCUT2D eigenvalue weighted by Gasteiger charge is -2.29. The van der Waals surface area contributed by atoms with E-state index in [0.717, 1.165) is 5.56 Å². The number of esters is 2. The number of methoxy groups -OCH3 is 1. The van der Waals surface area contributed by atoms with Gasteiger partial charge in [-0.3, -0.25) is 9.59 Å². The van der Waals surface area contributed by atoms with Gasteiger partial charge < -0.3 is 29.0 Å². The van der Waals surface area contributed by atoms with Crippen molar-refractivity contribution < 1.29 is 38.1 Å². The number of hydrogen-bond donors (Lipinski definition) is 1. The van der Waals surface area contributed by atoms with Crippen molar-refractivity contribution in [3.63, 3.8) is 0 Å². The van der Waals surface area contributed by atoms with Crippen molar-refractivity contribution in [2.45, 2.75) is 59.8 Å². The molecule has 1 unspecified atom stereocenters. The van der Waals surface area contributed by atoms with Crippen LogP contribution in [0.15, 0.2) is 36.5 Å². The molecule has 3 atom stereocenters. The summed E-state index contributed by atoms with van der Waals surface area (Å²) in [7, 11) is 1.39. The lowest BCUT2D eigenvalue weighted by atomic mass is 10.0. The molecule has 1 N–H and O–H groups in total. The van der Waals surface area contributed by atoms with Gasteiger partial charge in [-0.05, 0) is 38.8 Å². The number of aryl methyl sites for hydroxylation is 1. The number of amides is 1. The number of pyridine rings is 1. The maximum absolute atomic E-state index is 12.9. The second-order valence-electron chi connectivity index (χ2n) is 8.57. The summed E-state index contributed by atoms with van der Waals surface area (Å²) in [4.78, 5) is 40.8. The quantitative estimate of drug-likeness (QED) is 0.343. The Hall–Kier alpha value is -3.82. The Morgan fingerprint density at radius 2 is 1.69 bits per heavy atom. The van der Waals surface area contributed by atoms with Crippen LogP contribution in [0.1, 0.15) is 50.7 Å². The largest absolute Gasteiger partial charge is 0.493 e. The van der Waals surface area contributed by atoms with Crippen molar-refractivity contribution in [2.75, 3.05) is 13.9 Å². The second-order valence-corrected chi connectivity index (χ2v) is 8.57. The fraction of sp³-hybridized carbons (Fsp3) is 0.462. The third kappa shape index (κ3) is 8.14. The van der Waals surface area contributed by atoms with Gasteiger partial charge in [-0.1, -0.05) is 31.5 Å². The van der Waals surface area contributed by atoms with Crippen LogP contribution >= 0.6 is 0 Å². The summed E-state index contributed by atoms with van der Waals surface area (Å²) in [5, 5.41) is 2.57. The number of benzene rings is 1. The molecule has 1 aromatic heterocycles. The summed E-state index contributed by atoms with van der Waals surface area (Å²) < 4.78 is 27.1. The van der Waals surface area contributed by atoms with Gasteiger partial charge in [-0.25, -0.2) is 9.78 Å². The van der Waals surface area contributed by atoms with E-state index in [2.05, 4.69) is 10.3 Å². The number of rotatable bonds is 12. The van der Waals surface area contributed by atoms with Gasteiger partial charge in [0.2, 0.25) is 6.79 Å². The van der Waals surface area contributed by atoms with E-state index < -0.39 is 42.9 Å². The minimum atomic E-state index is -1.00. The van der Waals surface area contributed by atoms with Gasteiger partial charge >= 0.3 is 11.9 Å². The van der Waals surface area contributed by atoms with Crippen LogP contribution in [0.5, 0.6) is 17.2 Å². The van der Waals surface area contributed by atoms with E-state index in [1.807, 2.05) is 52.0 Å². The number of carbonyl (C=O) groups excluding carboxylic acids is 3. The molecular weight excluding hydrogens is 468 g/mol. The predicted molar refractivity (Wildman–Crippen MR) is 131 cm³/mol. The van der Waals surface area contributed by atoms with Crippen molar-refractivity contribution in [2.24, 2.45) is 5.92 Å². The molecule has 0 spiro atoms. The van der Waals surface area contributed by atoms with Gasteiger partial charge in [0.15, 0.2) is 17.2 Å². The normalized spacial score (nSPS) is 13.2. The fourth-order valence-corrected chi connectivity index (χ4v) is 3.30. The van der Waals surface area contributed by atoms with E-state index in [0.29, 0.717) is 5.75 Å². The maximum atomic E-state index is 12.9. The molecule has 1 amide bonds. The molecule has 1 heterocycles. The topological polar surface area (TPSA) is 122 Å². The Morgan fingerprint density at radius 3 is 2.28 bits per heavy atom. The molecule has 10 nitrogen and oxygen atoms in total. The Bertz CT molecular complexity index is 1040. The molecule has 0 saturated carbocycles. The van der Waals surface area contributed by atoms with Crippen LogP contribution in [0.25, 0.3) is 0 Å². The molecule has 196 valence electrons. The summed E-state index contributed by atoms with van der Waals surface area (Å²) in [6.45, 7) is 9.94. The van der Waals surface area contributed by atoms with Crippen molar-refractivity contribution in [1.82, 2.24) is 10.3 Å². The molecule has 0 fully saturated rings. The molecule has 0 aliphatic carbocycles. The molecule has 0 radical (unpaired) electrons. The first-order valence-corrected chi connectivity index (χ1v) is 11.6. The van der Waals surface area contributed by atoms with Crippen molar-refractivity contribution in [3.05, 3.63) is 47.8 Å². The van der Waals surface area contributed by atoms with E-state index in [1.54, 1.807) is 0 Å². The zero-order valence-corrected chi connectivity index (χ0v) is 21.7. The fourth-order valence-electron chi connectivity index (χ4n) is 3.30. The summed E-state index contributed by atoms with van der Waals surface area (Å²) >= 11 is 0. The lowest BCUT2D eigenvalue weighted by molar-refractivity contribution is -0.158. The van der Waals surface area contributed by atoms with Crippen LogP contribution in [-0.4, -0.2) is 55.0 Å². The Morgan fingerprint density at radius 1 is 1.03 bits per heavy atom. The summed E-state index contributed by atoms with van der Waals surface area (Å²) in [6, 6.07) is 8.08. The smallest absolute Gasteiger partial charge is 0.328 e. The molecule has 0 saturated heterocycles. The van der Waals surface area contributed by atoms with E-state index in [-0.39, 0.29) is 23.1 Å². The minimum absolute atomic E-state index is 0.0282. The maximum Gasteiger partial charge on any atom is 0.328 e. The SMILES string of the molecule is COc1ccnc(C(=O)N[C@@H](C)C(=O)OC(C(C)C)[C@H](C)Oc2ccc(C)cc2)c1OCOC(C)=O. The van der Waals surface area contributed by atoms with E-state index >= 15 is 0 Å². The molecule has 0 aliphatic heterocycles. The zero-order valence-electron chi connectivity index (χ0n) is 21.7. The van der Waals surface area contributed by atoms with Crippen LogP contribution < -0.4 is 19.5 Å². The van der Waals surface area contributed by atoms with Gasteiger partial charge in [-0.2, -0.15) is 0 Å². The molecule has 1 aromatic carbocycles. The molecular formula is C26H34N2O8. The van der Waals surface area contributed by atoms with Gasteiger partial charge in [-0.15, -0.1) is 0 Å². The van der Waals surface area contributed by atoms with Crippen molar-refractivity contribution in [3.8, 4) is 17.2 Å². The van der Waals surface area contributed by atoms with Gasteiger partial charge in [0.05, 0.1) is 7.11 Å². The summed E-state index contributed by atoms with van der Waals surface area (Å²) in [5.41, 5.74) is 0.967. The summed E-state index contributed by atoms with van der Waals surface area (Å²) in [5.74, 6) is -1.08. The first kappa shape index (κ1) is 28.4. The monoisotopic (exact) mass is 502 g/mol. The molecule has 0 bridgehead atoms. The van der Waals surface area contributed by atoms with Crippen LogP contribution in [0.4, 0.5) is 0 Å². The summed E-state index contributed by atoms with van der Waals surface area (Å²) in [6.07, 6.45) is 0.366. The number of nitrogens with one attached hydrogen (secondary N) is 1. The highest BCUT2D eigenvalue weighted by molar-refractivity contribution is 5.98. The highest BCUT2D eigenvalue weighted by atomic mass is 16.7. The van der Waals surface area contributed by atoms with Crippen LogP contribution in [0.2, 0.25) is 0 Å². The number of aromatic nitrogens is 1. The Labute approximate surface area is 211 Å². The number of hydrogen-bond acceptors (Lipinski definition) is 9. The average Bonchev–Trinajstić information content (AvgIpc) is 2.83. The number of ether oxygens (including phenoxy) is 5. The van der Waals surface area contributed by atoms with E-state index in [1.165, 1.54) is 33.2 Å². The molecule has 0 aliphatic rings. The van der Waals surface area contributed by atoms with E-state index in [9.17, 15) is 14.4 Å². The van der Waals surface area contributed by atoms with Crippen molar-refractivity contribution >= 4 is 17.8 Å². The first-order chi connectivity index (χ1) is 17.0. The van der Waals surface area contributed by atoms with Crippen LogP contribution in [0.3, 0.4) is 0 Å². The van der Waals surface area contributed by atoms with Gasteiger partial charge in [0.1, 0.15) is 24.0 Å². The zero-order chi connectivity index (χ0) is 26.8. The van der Waals surface area contributed by atoms with Gasteiger partial charge in [0.25, 0.3) is 5.91 Å². The molecule has 36 heavy (non-hydrogen) atoms. The highest BCUT2D eigenvalue weighted by Crippen LogP contribution is 2.29. The average molecular weight is 503 g/mol. The minimum Gasteiger partial charge on any atom is -0.493 e. The third-order valence-electron chi connectivity index (χ3n) is 5.18. The van der Waals surface area contributed by atoms with E-state index in [4.69, 9.17) is 23.7 Å². The predicted octanol–water partition coefficient (Wildman–Crippen LogP) is 3.45. The van der Waals surface area contributed by atoms with Crippen molar-refractivity contribution in [1.29, 1.82) is 0 Å². The van der Waals surface area contributed by atoms with Crippen LogP contribution in [0, 0.1) is 12.8 Å². The Balaban J connectivity index is 2.08. The lowest BCUT2D eigenvalue weighted by Crippen LogP contribution is -2.45. The highest BCUT2D eigenvalue weighted by Gasteiger charge is 2.30. The first-order valence-electron chi connectivity index (χ1n) is 11.6. The Kier molecular flexibility index (Phi) is 10.5. The van der Waals surface area contributed by atoms with Crippen LogP contribution in [-0.2, 0) is 19.1 Å². The van der Waals surface area contributed by atoms with Gasteiger partial charge in [0, 0.05) is 19.2 Å². The molecule has 2 aromatic rings. The standard InChI is InChI=1S/C26H34N2O8/c1-15(2)23(18(5)35-20-10-8-16(3)9-11-20)36-26(31)17(4)28-25(30)22-24(34-14-33-19(6)29)21(32-7)12-13-27-22/h8-13,15,17-18,23H,14H2,1-7H3,(H,28,30)/t17-,18-,23?/m0/s1. The third-order valence-corrected chi connectivity index (χ3v) is 5.18. The molecule has 2 rings (SSSR count). The second kappa shape index (κ2) is 13.3. The molecule has 10 heteroatoms.